The van der Waals surface area contributed by atoms with Crippen LogP contribution in [0.1, 0.15) is 42.9 Å². The average molecular weight is 361 g/mol. The Kier molecular flexibility index (Phi) is 4.50. The van der Waals surface area contributed by atoms with Crippen LogP contribution < -0.4 is 5.14 Å². The summed E-state index contributed by atoms with van der Waals surface area (Å²) in [7, 11) is -3.66. The molecule has 0 unspecified atom stereocenters. The molecule has 1 aliphatic rings. The average Bonchev–Trinajstić information content (AvgIpc) is 3.08. The molecule has 25 heavy (non-hydrogen) atoms. The van der Waals surface area contributed by atoms with Crippen LogP contribution in [-0.4, -0.2) is 8.42 Å². The van der Waals surface area contributed by atoms with Gasteiger partial charge < -0.3 is 0 Å². The lowest BCUT2D eigenvalue weighted by Crippen LogP contribution is -2.11. The minimum Gasteiger partial charge on any atom is -0.225 e. The second kappa shape index (κ2) is 6.22. The predicted molar refractivity (Wildman–Crippen MR) is 97.3 cm³/mol. The SMILES string of the molecule is Cc1ccc(F)cc1CC[C@@H]1[C@@H](c2ccc(S(N)(=O)=O)cc2)C1(C)C. The molecule has 0 aliphatic heterocycles. The fraction of sp³-hybridized carbons (Fsp3) is 0.400. The molecular formula is C20H24FNO2S. The summed E-state index contributed by atoms with van der Waals surface area (Å²) in [6.07, 6.45) is 1.84. The van der Waals surface area contributed by atoms with Gasteiger partial charge >= 0.3 is 0 Å². The van der Waals surface area contributed by atoms with Crippen LogP contribution in [0.25, 0.3) is 0 Å². The van der Waals surface area contributed by atoms with Crippen molar-refractivity contribution in [2.24, 2.45) is 16.5 Å². The first-order chi connectivity index (χ1) is 11.6. The van der Waals surface area contributed by atoms with E-state index in [1.54, 1.807) is 18.2 Å². The second-order valence-corrected chi connectivity index (χ2v) is 9.19. The quantitative estimate of drug-likeness (QED) is 0.869. The molecule has 0 saturated heterocycles. The maximum Gasteiger partial charge on any atom is 0.238 e. The third kappa shape index (κ3) is 3.62. The van der Waals surface area contributed by atoms with Crippen LogP contribution in [0.3, 0.4) is 0 Å². The number of primary sulfonamides is 1. The van der Waals surface area contributed by atoms with Gasteiger partial charge in [0, 0.05) is 0 Å². The molecule has 2 aromatic carbocycles. The van der Waals surface area contributed by atoms with Crippen molar-refractivity contribution in [2.45, 2.75) is 44.4 Å². The minimum atomic E-state index is -3.66. The summed E-state index contributed by atoms with van der Waals surface area (Å²) in [6.45, 7) is 6.47. The highest BCUT2D eigenvalue weighted by atomic mass is 32.2. The van der Waals surface area contributed by atoms with Crippen molar-refractivity contribution in [2.75, 3.05) is 0 Å². The Labute approximate surface area is 149 Å². The lowest BCUT2D eigenvalue weighted by atomic mass is 9.99. The van der Waals surface area contributed by atoms with E-state index in [-0.39, 0.29) is 16.1 Å². The van der Waals surface area contributed by atoms with Crippen molar-refractivity contribution in [1.29, 1.82) is 0 Å². The normalized spacial score (nSPS) is 22.0. The standard InChI is InChI=1S/C20H24FNO2S/c1-13-4-8-16(21)12-15(13)7-11-18-19(20(18,2)3)14-5-9-17(10-6-14)25(22,23)24/h4-6,8-10,12,18-19H,7,11H2,1-3H3,(H2,22,23,24)/t18-,19-/m1/s1. The summed E-state index contributed by atoms with van der Waals surface area (Å²) in [5, 5.41) is 5.16. The van der Waals surface area contributed by atoms with Crippen LogP contribution in [0.15, 0.2) is 47.4 Å². The van der Waals surface area contributed by atoms with Gasteiger partial charge in [0.15, 0.2) is 0 Å². The van der Waals surface area contributed by atoms with Crippen molar-refractivity contribution in [3.63, 3.8) is 0 Å². The van der Waals surface area contributed by atoms with Crippen LogP contribution in [0.2, 0.25) is 0 Å². The number of sulfonamides is 1. The van der Waals surface area contributed by atoms with E-state index in [1.165, 1.54) is 6.07 Å². The molecule has 0 spiro atoms. The van der Waals surface area contributed by atoms with Gasteiger partial charge in [0.2, 0.25) is 10.0 Å². The first-order valence-electron chi connectivity index (χ1n) is 8.48. The Balaban J connectivity index is 1.73. The Morgan fingerprint density at radius 1 is 1.12 bits per heavy atom. The van der Waals surface area contributed by atoms with E-state index in [4.69, 9.17) is 5.14 Å². The summed E-state index contributed by atoms with van der Waals surface area (Å²) < 4.78 is 36.2. The number of aryl methyl sites for hydroxylation is 2. The molecule has 1 fully saturated rings. The second-order valence-electron chi connectivity index (χ2n) is 7.63. The van der Waals surface area contributed by atoms with Gasteiger partial charge in [0.1, 0.15) is 5.82 Å². The molecule has 1 saturated carbocycles. The molecule has 134 valence electrons. The molecular weight excluding hydrogens is 337 g/mol. The van der Waals surface area contributed by atoms with Crippen LogP contribution in [0.5, 0.6) is 0 Å². The third-order valence-electron chi connectivity index (χ3n) is 5.65. The Bertz CT molecular complexity index is 888. The van der Waals surface area contributed by atoms with Crippen LogP contribution in [0, 0.1) is 24.1 Å². The maximum atomic E-state index is 13.5. The molecule has 0 aromatic heterocycles. The molecule has 5 heteroatoms. The molecule has 2 N–H and O–H groups in total. The summed E-state index contributed by atoms with van der Waals surface area (Å²) in [5.74, 6) is 0.692. The fourth-order valence-electron chi connectivity index (χ4n) is 4.03. The Morgan fingerprint density at radius 3 is 2.36 bits per heavy atom. The molecule has 0 amide bonds. The smallest absolute Gasteiger partial charge is 0.225 e. The van der Waals surface area contributed by atoms with Crippen molar-refractivity contribution < 1.29 is 12.8 Å². The number of nitrogens with two attached hydrogens (primary N) is 1. The molecule has 2 aromatic rings. The summed E-state index contributed by atoms with van der Waals surface area (Å²) in [5.41, 5.74) is 3.47. The predicted octanol–water partition coefficient (Wildman–Crippen LogP) is 4.15. The molecule has 2 atom stereocenters. The fourth-order valence-corrected chi connectivity index (χ4v) is 4.55. The van der Waals surface area contributed by atoms with Gasteiger partial charge in [-0.25, -0.2) is 17.9 Å². The van der Waals surface area contributed by atoms with Crippen LogP contribution in [0.4, 0.5) is 4.39 Å². The largest absolute Gasteiger partial charge is 0.238 e. The van der Waals surface area contributed by atoms with Crippen molar-refractivity contribution in [3.8, 4) is 0 Å². The molecule has 3 rings (SSSR count). The van der Waals surface area contributed by atoms with Crippen LogP contribution in [-0.2, 0) is 16.4 Å². The number of hydrogen-bond donors (Lipinski definition) is 1. The minimum absolute atomic E-state index is 0.140. The van der Waals surface area contributed by atoms with Gasteiger partial charge in [0.25, 0.3) is 0 Å². The van der Waals surface area contributed by atoms with E-state index in [0.29, 0.717) is 11.8 Å². The summed E-state index contributed by atoms with van der Waals surface area (Å²) >= 11 is 0. The number of rotatable bonds is 5. The first kappa shape index (κ1) is 18.1. The summed E-state index contributed by atoms with van der Waals surface area (Å²) in [6, 6.07) is 11.8. The zero-order valence-electron chi connectivity index (χ0n) is 14.8. The molecule has 0 bridgehead atoms. The van der Waals surface area contributed by atoms with Gasteiger partial charge in [-0.1, -0.05) is 32.0 Å². The highest BCUT2D eigenvalue weighted by Crippen LogP contribution is 2.66. The molecule has 0 radical (unpaired) electrons. The highest BCUT2D eigenvalue weighted by molar-refractivity contribution is 7.89. The molecule has 3 nitrogen and oxygen atoms in total. The summed E-state index contributed by atoms with van der Waals surface area (Å²) in [4.78, 5) is 0.140. The van der Waals surface area contributed by atoms with Gasteiger partial charge in [0.05, 0.1) is 4.90 Å². The Hall–Kier alpha value is -1.72. The van der Waals surface area contributed by atoms with E-state index >= 15 is 0 Å². The van der Waals surface area contributed by atoms with E-state index < -0.39 is 10.0 Å². The monoisotopic (exact) mass is 361 g/mol. The van der Waals surface area contributed by atoms with Crippen molar-refractivity contribution in [1.82, 2.24) is 0 Å². The number of benzene rings is 2. The van der Waals surface area contributed by atoms with Crippen molar-refractivity contribution in [3.05, 3.63) is 65.0 Å². The third-order valence-corrected chi connectivity index (χ3v) is 6.58. The topological polar surface area (TPSA) is 60.2 Å². The van der Waals surface area contributed by atoms with E-state index in [9.17, 15) is 12.8 Å². The van der Waals surface area contributed by atoms with E-state index in [1.807, 2.05) is 25.1 Å². The zero-order chi connectivity index (χ0) is 18.4. The first-order valence-corrected chi connectivity index (χ1v) is 10.0. The number of hydrogen-bond acceptors (Lipinski definition) is 2. The van der Waals surface area contributed by atoms with E-state index in [0.717, 1.165) is 29.5 Å². The lowest BCUT2D eigenvalue weighted by molar-refractivity contribution is 0.529. The van der Waals surface area contributed by atoms with Crippen LogP contribution >= 0.6 is 0 Å². The highest BCUT2D eigenvalue weighted by Gasteiger charge is 2.57. The Morgan fingerprint density at radius 2 is 1.76 bits per heavy atom. The lowest BCUT2D eigenvalue weighted by Gasteiger charge is -2.07. The number of halogens is 1. The van der Waals surface area contributed by atoms with Gasteiger partial charge in [-0.15, -0.1) is 0 Å². The zero-order valence-corrected chi connectivity index (χ0v) is 15.6. The van der Waals surface area contributed by atoms with E-state index in [2.05, 4.69) is 13.8 Å². The molecule has 0 heterocycles. The molecule has 1 aliphatic carbocycles. The maximum absolute atomic E-state index is 13.5. The van der Waals surface area contributed by atoms with Gasteiger partial charge in [-0.2, -0.15) is 0 Å². The van der Waals surface area contributed by atoms with Gasteiger partial charge in [-0.05, 0) is 78.0 Å². The van der Waals surface area contributed by atoms with Gasteiger partial charge in [-0.3, -0.25) is 0 Å². The van der Waals surface area contributed by atoms with Crippen molar-refractivity contribution >= 4 is 10.0 Å².